The molecular weight excluding hydrogens is 187 g/mol. The van der Waals surface area contributed by atoms with Crippen LogP contribution >= 0.6 is 0 Å². The monoisotopic (exact) mass is 192 g/mol. The molecule has 0 spiro atoms. The minimum Gasteiger partial charge on any atom is -1.00 e. The maximum absolute atomic E-state index is 9.54. The average Bonchev–Trinajstić information content (AvgIpc) is 1.58. The molecule has 0 aromatic carbocycles. The number of hydrogen-bond acceptors (Lipinski definition) is 5. The summed E-state index contributed by atoms with van der Waals surface area (Å²) < 4.78 is 6.86. The van der Waals surface area contributed by atoms with E-state index < -0.39 is 19.6 Å². The average molecular weight is 192 g/mol. The van der Waals surface area contributed by atoms with E-state index in [1.165, 1.54) is 0 Å². The van der Waals surface area contributed by atoms with Crippen molar-refractivity contribution in [3.63, 3.8) is 0 Å². The van der Waals surface area contributed by atoms with Crippen molar-refractivity contribution >= 4 is 57.4 Å². The first kappa shape index (κ1) is 13.4. The molecule has 0 aliphatic carbocycles. The molecule has 0 saturated carbocycles. The molecule has 0 atom stereocenters. The zero-order valence-electron chi connectivity index (χ0n) is 7.26. The van der Waals surface area contributed by atoms with E-state index >= 15 is 0 Å². The van der Waals surface area contributed by atoms with Crippen LogP contribution in [-0.2, 0) is 9.31 Å². The fraction of sp³-hybridized carbons (Fsp3) is 0. The Morgan fingerprint density at radius 2 is 1.45 bits per heavy atom. The second-order valence-electron chi connectivity index (χ2n) is 1.07. The molecule has 0 aromatic heterocycles. The number of carboxylic acid groups (broad SMARTS) is 2. The van der Waals surface area contributed by atoms with Crippen molar-refractivity contribution in [3.05, 3.63) is 0 Å². The number of hydrogen-bond donors (Lipinski definition) is 3. The van der Waals surface area contributed by atoms with Gasteiger partial charge in [0.15, 0.2) is 0 Å². The topological polar surface area (TPSA) is 113 Å². The van der Waals surface area contributed by atoms with Crippen LogP contribution in [0.15, 0.2) is 0 Å². The zero-order chi connectivity index (χ0) is 8.15. The molecule has 0 heterocycles. The molecule has 9 heteroatoms. The Morgan fingerprint density at radius 3 is 1.64 bits per heavy atom. The summed E-state index contributed by atoms with van der Waals surface area (Å²) in [5.74, 6) is 0. The molecule has 0 bridgehead atoms. The van der Waals surface area contributed by atoms with Crippen LogP contribution in [-0.4, -0.2) is 72.6 Å². The van der Waals surface area contributed by atoms with E-state index in [1.54, 1.807) is 0 Å². The van der Waals surface area contributed by atoms with E-state index in [-0.39, 0.29) is 40.6 Å². The first-order valence-electron chi connectivity index (χ1n) is 1.99. The van der Waals surface area contributed by atoms with Crippen molar-refractivity contribution in [2.75, 3.05) is 0 Å². The van der Waals surface area contributed by atoms with Gasteiger partial charge in [-0.3, -0.25) is 0 Å². The number of rotatable bonds is 2. The fourth-order valence-electron chi connectivity index (χ4n) is 0.197. The summed E-state index contributed by atoms with van der Waals surface area (Å²) in [6.07, 6.45) is -3.65. The van der Waals surface area contributed by atoms with Crippen molar-refractivity contribution < 1.29 is 37.0 Å². The fourth-order valence-corrected chi connectivity index (χ4v) is 0.197. The summed E-state index contributed by atoms with van der Waals surface area (Å²) in [5, 5.41) is 23.7. The molecule has 0 aromatic rings. The maximum atomic E-state index is 9.54. The largest absolute Gasteiger partial charge is 2.00 e. The molecule has 11 heavy (non-hydrogen) atoms. The van der Waals surface area contributed by atoms with Crippen molar-refractivity contribution in [1.29, 1.82) is 0 Å². The molecule has 0 saturated heterocycles. The molecular formula is C2H5BCaO7. The van der Waals surface area contributed by atoms with E-state index in [0.29, 0.717) is 0 Å². The van der Waals surface area contributed by atoms with Crippen molar-refractivity contribution in [2.45, 2.75) is 0 Å². The van der Waals surface area contributed by atoms with Gasteiger partial charge in [-0.05, 0) is 0 Å². The summed E-state index contributed by atoms with van der Waals surface area (Å²) in [6, 6.07) is 0. The van der Waals surface area contributed by atoms with Gasteiger partial charge in [0, 0.05) is 0 Å². The normalized spacial score (nSPS) is 7.36. The molecule has 0 unspecified atom stereocenters. The zero-order valence-corrected chi connectivity index (χ0v) is 7.47. The van der Waals surface area contributed by atoms with Crippen LogP contribution in [0.2, 0.25) is 0 Å². The predicted octanol–water partition coefficient (Wildman–Crippen LogP) is -0.803. The Labute approximate surface area is 94.0 Å². The van der Waals surface area contributed by atoms with Crippen LogP contribution in [0.5, 0.6) is 0 Å². The molecule has 3 N–H and O–H groups in total. The van der Waals surface area contributed by atoms with Crippen LogP contribution < -0.4 is 0 Å². The molecule has 0 amide bonds. The maximum Gasteiger partial charge on any atom is 2.00 e. The minimum absolute atomic E-state index is 0. The van der Waals surface area contributed by atoms with Gasteiger partial charge in [0.1, 0.15) is 0 Å². The molecule has 0 aliphatic heterocycles. The summed E-state index contributed by atoms with van der Waals surface area (Å²) in [4.78, 5) is 19.1. The molecule has 0 aliphatic rings. The molecule has 0 radical (unpaired) electrons. The summed E-state index contributed by atoms with van der Waals surface area (Å²) in [7, 11) is -2.28. The molecule has 60 valence electrons. The Hall–Kier alpha value is -0.175. The Kier molecular flexibility index (Phi) is 7.96. The smallest absolute Gasteiger partial charge is 1.00 e. The van der Waals surface area contributed by atoms with Crippen LogP contribution in [0.3, 0.4) is 0 Å². The third kappa shape index (κ3) is 9.82. The first-order valence-corrected chi connectivity index (χ1v) is 1.99. The number of carbonyl (C=O) groups is 2. The van der Waals surface area contributed by atoms with Gasteiger partial charge in [-0.1, -0.05) is 0 Å². The third-order valence-electron chi connectivity index (χ3n) is 0.403. The van der Waals surface area contributed by atoms with E-state index in [2.05, 4.69) is 9.31 Å². The van der Waals surface area contributed by atoms with Crippen molar-refractivity contribution in [1.82, 2.24) is 0 Å². The van der Waals surface area contributed by atoms with Crippen molar-refractivity contribution in [2.24, 2.45) is 0 Å². The molecule has 7 nitrogen and oxygen atoms in total. The van der Waals surface area contributed by atoms with Gasteiger partial charge in [0.25, 0.3) is 0 Å². The van der Waals surface area contributed by atoms with Crippen LogP contribution in [0.4, 0.5) is 9.59 Å². The standard InChI is InChI=1S/C2H3BO7.Ca.2H/c4-1(5)9-3(8)10-2(6)7;;;/h8H,(H,4,5)(H,6,7);;;/q;+2;2*-1. The van der Waals surface area contributed by atoms with Gasteiger partial charge >= 0.3 is 57.4 Å². The second kappa shape index (κ2) is 6.53. The second-order valence-corrected chi connectivity index (χ2v) is 1.07. The van der Waals surface area contributed by atoms with E-state index in [0.717, 1.165) is 0 Å². The van der Waals surface area contributed by atoms with E-state index in [4.69, 9.17) is 15.2 Å². The van der Waals surface area contributed by atoms with Crippen LogP contribution in [0, 0.1) is 0 Å². The summed E-state index contributed by atoms with van der Waals surface area (Å²) in [6.45, 7) is 0. The summed E-state index contributed by atoms with van der Waals surface area (Å²) >= 11 is 0. The summed E-state index contributed by atoms with van der Waals surface area (Å²) in [5.41, 5.74) is 0. The van der Waals surface area contributed by atoms with Gasteiger partial charge in [0.05, 0.1) is 0 Å². The van der Waals surface area contributed by atoms with E-state index in [1.807, 2.05) is 0 Å². The van der Waals surface area contributed by atoms with E-state index in [9.17, 15) is 9.59 Å². The Balaban J connectivity index is -0.000000135. The third-order valence-corrected chi connectivity index (χ3v) is 0.403. The Bertz CT molecular complexity index is 139. The minimum atomic E-state index is -2.28. The predicted molar refractivity (Wildman–Crippen MR) is 34.2 cm³/mol. The van der Waals surface area contributed by atoms with Gasteiger partial charge in [-0.25, -0.2) is 9.59 Å². The van der Waals surface area contributed by atoms with Gasteiger partial charge in [-0.15, -0.1) is 0 Å². The molecule has 0 rings (SSSR count). The van der Waals surface area contributed by atoms with Gasteiger partial charge in [-0.2, -0.15) is 0 Å². The van der Waals surface area contributed by atoms with Crippen LogP contribution in [0.1, 0.15) is 2.85 Å². The quantitative estimate of drug-likeness (QED) is 0.490. The van der Waals surface area contributed by atoms with Crippen LogP contribution in [0.25, 0.3) is 0 Å². The SMILES string of the molecule is O=C(O)OB(O)OC(=O)O.[Ca+2].[H-].[H-]. The van der Waals surface area contributed by atoms with Gasteiger partial charge in [0.2, 0.25) is 0 Å². The van der Waals surface area contributed by atoms with Crippen molar-refractivity contribution in [3.8, 4) is 0 Å². The Morgan fingerprint density at radius 1 is 1.18 bits per heavy atom. The van der Waals surface area contributed by atoms with Gasteiger partial charge < -0.3 is 27.4 Å². The first-order chi connectivity index (χ1) is 4.52. The molecule has 0 fully saturated rings.